The van der Waals surface area contributed by atoms with Crippen molar-refractivity contribution >= 4 is 28.4 Å². The molecule has 0 radical (unpaired) electrons. The number of carboxylic acid groups (broad SMARTS) is 1. The van der Waals surface area contributed by atoms with E-state index in [1.54, 1.807) is 0 Å². The summed E-state index contributed by atoms with van der Waals surface area (Å²) < 4.78 is 0. The smallest absolute Gasteiger partial charge is 0.303 e. The van der Waals surface area contributed by atoms with Crippen molar-refractivity contribution in [2.75, 3.05) is 6.54 Å². The van der Waals surface area contributed by atoms with E-state index in [0.717, 1.165) is 36.5 Å². The van der Waals surface area contributed by atoms with E-state index in [4.69, 9.17) is 5.11 Å². The monoisotopic (exact) mass is 457 g/mol. The van der Waals surface area contributed by atoms with Gasteiger partial charge in [0.2, 0.25) is 0 Å². The van der Waals surface area contributed by atoms with Crippen molar-refractivity contribution in [2.45, 2.75) is 50.9 Å². The highest BCUT2D eigenvalue weighted by Crippen LogP contribution is 2.37. The Kier molecular flexibility index (Phi) is 7.73. The van der Waals surface area contributed by atoms with Crippen LogP contribution in [0.15, 0.2) is 66.7 Å². The van der Waals surface area contributed by atoms with Gasteiger partial charge in [0.05, 0.1) is 0 Å². The molecule has 1 saturated carbocycles. The Balaban J connectivity index is 1.21. The highest BCUT2D eigenvalue weighted by Gasteiger charge is 2.24. The van der Waals surface area contributed by atoms with Gasteiger partial charge in [-0.2, -0.15) is 0 Å². The number of ketones is 1. The van der Waals surface area contributed by atoms with Gasteiger partial charge in [-0.05, 0) is 72.4 Å². The van der Waals surface area contributed by atoms with E-state index < -0.39 is 5.97 Å². The summed E-state index contributed by atoms with van der Waals surface area (Å²) in [5.74, 6) is -0.0206. The molecule has 1 amide bonds. The van der Waals surface area contributed by atoms with Gasteiger partial charge in [-0.1, -0.05) is 54.6 Å². The molecule has 0 bridgehead atoms. The standard InChI is InChI=1S/C29H31NO4/c31-27(6-3-17-30-29(34)26-16-13-21-4-1-2-5-25(21)19-26)24-14-11-23(12-15-24)22-9-7-20(8-10-22)18-28(32)33/h1-2,4-5,11-16,19-20,22H,3,6-10,17-18H2,(H,30,34)(H,32,33). The minimum absolute atomic E-state index is 0.0803. The zero-order valence-electron chi connectivity index (χ0n) is 19.3. The molecule has 3 aromatic carbocycles. The minimum atomic E-state index is -0.709. The molecule has 0 heterocycles. The van der Waals surface area contributed by atoms with Gasteiger partial charge in [0, 0.05) is 30.5 Å². The molecule has 1 aliphatic carbocycles. The fourth-order valence-electron chi connectivity index (χ4n) is 4.92. The van der Waals surface area contributed by atoms with Gasteiger partial charge in [-0.15, -0.1) is 0 Å². The maximum atomic E-state index is 12.6. The number of rotatable bonds is 9. The first-order valence-electron chi connectivity index (χ1n) is 12.1. The maximum absolute atomic E-state index is 12.6. The van der Waals surface area contributed by atoms with Crippen molar-refractivity contribution in [1.29, 1.82) is 0 Å². The van der Waals surface area contributed by atoms with E-state index in [9.17, 15) is 14.4 Å². The number of hydrogen-bond donors (Lipinski definition) is 2. The summed E-state index contributed by atoms with van der Waals surface area (Å²) in [6.45, 7) is 0.453. The average molecular weight is 458 g/mol. The molecule has 0 aliphatic heterocycles. The van der Waals surface area contributed by atoms with Crippen LogP contribution in [-0.4, -0.2) is 29.3 Å². The number of benzene rings is 3. The van der Waals surface area contributed by atoms with Crippen LogP contribution in [0.1, 0.15) is 77.1 Å². The quantitative estimate of drug-likeness (QED) is 0.306. The first-order chi connectivity index (χ1) is 16.5. The number of carbonyl (C=O) groups excluding carboxylic acids is 2. The van der Waals surface area contributed by atoms with E-state index in [2.05, 4.69) is 5.32 Å². The largest absolute Gasteiger partial charge is 0.481 e. The number of amides is 1. The third kappa shape index (κ3) is 6.10. The lowest BCUT2D eigenvalue weighted by atomic mass is 9.77. The molecule has 34 heavy (non-hydrogen) atoms. The predicted octanol–water partition coefficient (Wildman–Crippen LogP) is 5.98. The Labute approximate surface area is 200 Å². The van der Waals surface area contributed by atoms with E-state index in [1.807, 2.05) is 66.7 Å². The van der Waals surface area contributed by atoms with Gasteiger partial charge in [-0.3, -0.25) is 14.4 Å². The molecule has 1 aliphatic rings. The van der Waals surface area contributed by atoms with Crippen LogP contribution in [0.25, 0.3) is 10.8 Å². The fraction of sp³-hybridized carbons (Fsp3) is 0.345. The SMILES string of the molecule is O=C(O)CC1CCC(c2ccc(C(=O)CCCNC(=O)c3ccc4ccccc4c3)cc2)CC1. The van der Waals surface area contributed by atoms with Crippen LogP contribution < -0.4 is 5.32 Å². The molecule has 0 aromatic heterocycles. The summed E-state index contributed by atoms with van der Waals surface area (Å²) in [6, 6.07) is 21.5. The number of carboxylic acids is 1. The topological polar surface area (TPSA) is 83.5 Å². The number of nitrogens with one attached hydrogen (secondary N) is 1. The molecular formula is C29H31NO4. The third-order valence-electron chi connectivity index (χ3n) is 6.89. The predicted molar refractivity (Wildman–Crippen MR) is 133 cm³/mol. The Morgan fingerprint density at radius 1 is 0.824 bits per heavy atom. The van der Waals surface area contributed by atoms with Crippen LogP contribution in [0.3, 0.4) is 0 Å². The van der Waals surface area contributed by atoms with Gasteiger partial charge in [0.15, 0.2) is 5.78 Å². The fourth-order valence-corrected chi connectivity index (χ4v) is 4.92. The first-order valence-corrected chi connectivity index (χ1v) is 12.1. The molecule has 1 fully saturated rings. The van der Waals surface area contributed by atoms with Gasteiger partial charge in [0.1, 0.15) is 0 Å². The molecule has 5 nitrogen and oxygen atoms in total. The maximum Gasteiger partial charge on any atom is 0.303 e. The van der Waals surface area contributed by atoms with Crippen molar-refractivity contribution < 1.29 is 19.5 Å². The molecule has 176 valence electrons. The van der Waals surface area contributed by atoms with Gasteiger partial charge in [0.25, 0.3) is 5.91 Å². The minimum Gasteiger partial charge on any atom is -0.481 e. The molecule has 5 heteroatoms. The van der Waals surface area contributed by atoms with Crippen molar-refractivity contribution in [1.82, 2.24) is 5.32 Å². The Morgan fingerprint density at radius 2 is 1.50 bits per heavy atom. The Morgan fingerprint density at radius 3 is 2.21 bits per heavy atom. The Bertz CT molecular complexity index is 1160. The number of fused-ring (bicyclic) bond motifs is 1. The Hall–Kier alpha value is -3.47. The van der Waals surface area contributed by atoms with Crippen molar-refractivity contribution in [3.8, 4) is 0 Å². The highest BCUT2D eigenvalue weighted by molar-refractivity contribution is 5.99. The molecule has 0 atom stereocenters. The molecule has 0 unspecified atom stereocenters. The summed E-state index contributed by atoms with van der Waals surface area (Å²) in [5, 5.41) is 14.0. The normalized spacial score (nSPS) is 17.9. The van der Waals surface area contributed by atoms with Gasteiger partial charge in [-0.25, -0.2) is 0 Å². The number of Topliss-reactive ketones (excluding diaryl/α,β-unsaturated/α-hetero) is 1. The summed E-state index contributed by atoms with van der Waals surface area (Å²) in [4.78, 5) is 35.9. The third-order valence-corrected chi connectivity index (χ3v) is 6.89. The lowest BCUT2D eigenvalue weighted by Crippen LogP contribution is -2.24. The number of aliphatic carboxylic acids is 1. The van der Waals surface area contributed by atoms with Crippen LogP contribution in [-0.2, 0) is 4.79 Å². The average Bonchev–Trinajstić information content (AvgIpc) is 2.86. The van der Waals surface area contributed by atoms with Crippen LogP contribution in [0.2, 0.25) is 0 Å². The molecule has 0 saturated heterocycles. The second-order valence-corrected chi connectivity index (χ2v) is 9.28. The van der Waals surface area contributed by atoms with Crippen LogP contribution in [0.5, 0.6) is 0 Å². The van der Waals surface area contributed by atoms with E-state index in [-0.39, 0.29) is 24.0 Å². The highest BCUT2D eigenvalue weighted by atomic mass is 16.4. The molecular weight excluding hydrogens is 426 g/mol. The lowest BCUT2D eigenvalue weighted by Gasteiger charge is -2.28. The molecule has 0 spiro atoms. The molecule has 4 rings (SSSR count). The zero-order valence-corrected chi connectivity index (χ0v) is 19.3. The van der Waals surface area contributed by atoms with Crippen LogP contribution in [0, 0.1) is 5.92 Å². The molecule has 3 aromatic rings. The van der Waals surface area contributed by atoms with Crippen molar-refractivity contribution in [3.05, 3.63) is 83.4 Å². The number of hydrogen-bond acceptors (Lipinski definition) is 3. The van der Waals surface area contributed by atoms with E-state index in [0.29, 0.717) is 36.4 Å². The number of carbonyl (C=O) groups is 3. The first kappa shape index (κ1) is 23.7. The lowest BCUT2D eigenvalue weighted by molar-refractivity contribution is -0.138. The summed E-state index contributed by atoms with van der Waals surface area (Å²) >= 11 is 0. The van der Waals surface area contributed by atoms with Crippen LogP contribution >= 0.6 is 0 Å². The summed E-state index contributed by atoms with van der Waals surface area (Å²) in [5.41, 5.74) is 2.55. The van der Waals surface area contributed by atoms with E-state index >= 15 is 0 Å². The van der Waals surface area contributed by atoms with Gasteiger partial charge >= 0.3 is 5.97 Å². The van der Waals surface area contributed by atoms with Gasteiger partial charge < -0.3 is 10.4 Å². The van der Waals surface area contributed by atoms with E-state index in [1.165, 1.54) is 5.56 Å². The van der Waals surface area contributed by atoms with Crippen LogP contribution in [0.4, 0.5) is 0 Å². The molecule has 2 N–H and O–H groups in total. The second kappa shape index (κ2) is 11.1. The zero-order chi connectivity index (χ0) is 23.9. The van der Waals surface area contributed by atoms with Crippen molar-refractivity contribution in [3.63, 3.8) is 0 Å². The summed E-state index contributed by atoms with van der Waals surface area (Å²) in [6.07, 6.45) is 5.14. The van der Waals surface area contributed by atoms with Crippen molar-refractivity contribution in [2.24, 2.45) is 5.92 Å². The summed E-state index contributed by atoms with van der Waals surface area (Å²) in [7, 11) is 0. The second-order valence-electron chi connectivity index (χ2n) is 9.28.